The van der Waals surface area contributed by atoms with Crippen LogP contribution in [-0.2, 0) is 33.3 Å². The number of hydrogen-bond donors (Lipinski definition) is 2. The molecule has 0 aliphatic heterocycles. The molecule has 0 atom stereocenters. The second-order valence-electron chi connectivity index (χ2n) is 8.63. The van der Waals surface area contributed by atoms with Crippen molar-refractivity contribution in [1.82, 2.24) is 0 Å². The van der Waals surface area contributed by atoms with E-state index in [-0.39, 0.29) is 22.1 Å². The Labute approximate surface area is 224 Å². The fraction of sp³-hybridized carbons (Fsp3) is 0.172. The van der Waals surface area contributed by atoms with Crippen molar-refractivity contribution in [2.75, 3.05) is 0 Å². The summed E-state index contributed by atoms with van der Waals surface area (Å²) in [7, 11) is -8.46. The minimum absolute atomic E-state index is 0.0278. The Morgan fingerprint density at radius 3 is 1.74 bits per heavy atom. The van der Waals surface area contributed by atoms with Gasteiger partial charge in [-0.1, -0.05) is 85.8 Å². The van der Waals surface area contributed by atoms with E-state index in [4.69, 9.17) is 9.29 Å². The Morgan fingerprint density at radius 1 is 0.632 bits per heavy atom. The third-order valence-electron chi connectivity index (χ3n) is 5.86. The average molecular weight is 555 g/mol. The first kappa shape index (κ1) is 29.1. The van der Waals surface area contributed by atoms with Crippen LogP contribution in [0.4, 0.5) is 0 Å². The number of ether oxygens (including phenoxy) is 1. The van der Waals surface area contributed by atoms with E-state index in [0.29, 0.717) is 11.1 Å². The van der Waals surface area contributed by atoms with E-state index in [9.17, 15) is 21.4 Å². The maximum Gasteiger partial charge on any atom is 0.298 e. The van der Waals surface area contributed by atoms with Crippen molar-refractivity contribution in [3.63, 3.8) is 0 Å². The van der Waals surface area contributed by atoms with E-state index in [1.807, 2.05) is 61.5 Å². The first-order chi connectivity index (χ1) is 17.9. The molecule has 0 saturated carbocycles. The molecule has 0 bridgehead atoms. The zero-order valence-corrected chi connectivity index (χ0v) is 23.0. The van der Waals surface area contributed by atoms with Crippen LogP contribution in [0, 0.1) is 13.8 Å². The Kier molecular flexibility index (Phi) is 9.45. The van der Waals surface area contributed by atoms with Crippen LogP contribution >= 0.6 is 0 Å². The Balaban J connectivity index is 0.000000304. The molecule has 0 fully saturated rings. The molecule has 0 saturated heterocycles. The van der Waals surface area contributed by atoms with Gasteiger partial charge in [0.25, 0.3) is 20.2 Å². The molecular formula is C29H30O7S2. The van der Waals surface area contributed by atoms with Gasteiger partial charge in [0.15, 0.2) is 0 Å². The molecule has 0 unspecified atom stereocenters. The van der Waals surface area contributed by atoms with Crippen molar-refractivity contribution in [3.05, 3.63) is 113 Å². The van der Waals surface area contributed by atoms with Crippen molar-refractivity contribution in [2.24, 2.45) is 0 Å². The smallest absolute Gasteiger partial charge is 0.298 e. The number of aryl methyl sites for hydroxylation is 3. The van der Waals surface area contributed by atoms with Gasteiger partial charge in [0, 0.05) is 5.56 Å². The second-order valence-corrected chi connectivity index (χ2v) is 11.4. The highest BCUT2D eigenvalue weighted by Gasteiger charge is 2.23. The van der Waals surface area contributed by atoms with Crippen LogP contribution in [0.3, 0.4) is 0 Å². The Bertz CT molecular complexity index is 1600. The van der Waals surface area contributed by atoms with Gasteiger partial charge in [-0.2, -0.15) is 16.8 Å². The largest absolute Gasteiger partial charge is 0.487 e. The summed E-state index contributed by atoms with van der Waals surface area (Å²) >= 11 is 0. The molecule has 0 aliphatic rings. The van der Waals surface area contributed by atoms with E-state index in [1.165, 1.54) is 17.7 Å². The molecular weight excluding hydrogens is 524 g/mol. The van der Waals surface area contributed by atoms with Crippen molar-refractivity contribution >= 4 is 20.2 Å². The Hall–Kier alpha value is -3.50. The third kappa shape index (κ3) is 7.52. The highest BCUT2D eigenvalue weighted by molar-refractivity contribution is 7.86. The topological polar surface area (TPSA) is 118 Å². The predicted molar refractivity (Wildman–Crippen MR) is 148 cm³/mol. The fourth-order valence-corrected chi connectivity index (χ4v) is 5.21. The van der Waals surface area contributed by atoms with Gasteiger partial charge in [-0.3, -0.25) is 9.11 Å². The molecule has 38 heavy (non-hydrogen) atoms. The molecule has 200 valence electrons. The lowest BCUT2D eigenvalue weighted by molar-refractivity contribution is 0.298. The molecule has 0 aliphatic carbocycles. The minimum atomic E-state index is -4.42. The molecule has 0 spiro atoms. The standard InChI is InChI=1S/C22H22O4S.C7H8O3S/c1-3-17-10-12-19(13-11-17)21-16(2)9-14-20(27(23,24)25)22(21)26-15-18-7-5-4-6-8-18;1-6-4-2-3-5-7(6)11(8,9)10/h4-14H,3,15H2,1-2H3,(H,23,24,25);2-5H,1H3,(H,8,9,10). The summed E-state index contributed by atoms with van der Waals surface area (Å²) in [6.45, 7) is 5.80. The summed E-state index contributed by atoms with van der Waals surface area (Å²) in [5.41, 5.74) is 5.04. The molecule has 7 nitrogen and oxygen atoms in total. The highest BCUT2D eigenvalue weighted by Crippen LogP contribution is 2.39. The van der Waals surface area contributed by atoms with Crippen molar-refractivity contribution in [2.45, 2.75) is 43.6 Å². The van der Waals surface area contributed by atoms with E-state index >= 15 is 0 Å². The molecule has 9 heteroatoms. The monoisotopic (exact) mass is 554 g/mol. The number of rotatable bonds is 7. The SMILES string of the molecule is CCc1ccc(-c2c(C)ccc(S(=O)(=O)O)c2OCc2ccccc2)cc1.Cc1ccccc1S(=O)(=O)O. The first-order valence-corrected chi connectivity index (χ1v) is 14.7. The van der Waals surface area contributed by atoms with Crippen LogP contribution in [0.1, 0.15) is 29.2 Å². The summed E-state index contributed by atoms with van der Waals surface area (Å²) in [5, 5.41) is 0. The second kappa shape index (κ2) is 12.4. The molecule has 0 aromatic heterocycles. The van der Waals surface area contributed by atoms with Crippen molar-refractivity contribution in [1.29, 1.82) is 0 Å². The van der Waals surface area contributed by atoms with Crippen LogP contribution in [-0.4, -0.2) is 25.9 Å². The predicted octanol–water partition coefficient (Wildman–Crippen LogP) is 6.29. The van der Waals surface area contributed by atoms with Gasteiger partial charge >= 0.3 is 0 Å². The van der Waals surface area contributed by atoms with E-state index in [0.717, 1.165) is 23.1 Å². The molecule has 2 N–H and O–H groups in total. The lowest BCUT2D eigenvalue weighted by Crippen LogP contribution is -2.06. The van der Waals surface area contributed by atoms with Crippen molar-refractivity contribution < 1.29 is 30.7 Å². The Morgan fingerprint density at radius 2 is 1.21 bits per heavy atom. The van der Waals surface area contributed by atoms with Crippen LogP contribution in [0.5, 0.6) is 5.75 Å². The lowest BCUT2D eigenvalue weighted by Gasteiger charge is -2.17. The summed E-state index contributed by atoms with van der Waals surface area (Å²) in [4.78, 5) is -0.251. The quantitative estimate of drug-likeness (QED) is 0.258. The third-order valence-corrected chi connectivity index (χ3v) is 7.75. The van der Waals surface area contributed by atoms with Gasteiger partial charge in [0.1, 0.15) is 17.3 Å². The summed E-state index contributed by atoms with van der Waals surface area (Å²) in [5.74, 6) is 0.172. The van der Waals surface area contributed by atoms with Crippen molar-refractivity contribution in [3.8, 4) is 16.9 Å². The fourth-order valence-electron chi connectivity index (χ4n) is 3.85. The van der Waals surface area contributed by atoms with Gasteiger partial charge in [0.2, 0.25) is 0 Å². The van der Waals surface area contributed by atoms with E-state index in [1.54, 1.807) is 31.2 Å². The molecule has 4 rings (SSSR count). The minimum Gasteiger partial charge on any atom is -0.487 e. The first-order valence-electron chi connectivity index (χ1n) is 11.8. The van der Waals surface area contributed by atoms with Gasteiger partial charge in [-0.15, -0.1) is 0 Å². The van der Waals surface area contributed by atoms with Gasteiger partial charge < -0.3 is 4.74 Å². The maximum absolute atomic E-state index is 11.9. The van der Waals surface area contributed by atoms with E-state index < -0.39 is 20.2 Å². The van der Waals surface area contributed by atoms with Crippen LogP contribution in [0.25, 0.3) is 11.1 Å². The number of benzene rings is 4. The summed E-state index contributed by atoms with van der Waals surface area (Å²) in [6, 6.07) is 26.7. The summed E-state index contributed by atoms with van der Waals surface area (Å²) in [6.07, 6.45) is 0.918. The highest BCUT2D eigenvalue weighted by atomic mass is 32.2. The van der Waals surface area contributed by atoms with Gasteiger partial charge in [-0.05, 0) is 60.2 Å². The molecule has 4 aromatic rings. The zero-order valence-electron chi connectivity index (χ0n) is 21.3. The summed E-state index contributed by atoms with van der Waals surface area (Å²) < 4.78 is 69.4. The van der Waals surface area contributed by atoms with Gasteiger partial charge in [-0.25, -0.2) is 0 Å². The molecule has 0 heterocycles. The number of hydrogen-bond acceptors (Lipinski definition) is 5. The molecule has 4 aromatic carbocycles. The van der Waals surface area contributed by atoms with Crippen LogP contribution in [0.2, 0.25) is 0 Å². The normalized spacial score (nSPS) is 11.4. The van der Waals surface area contributed by atoms with Crippen LogP contribution < -0.4 is 4.74 Å². The lowest BCUT2D eigenvalue weighted by atomic mass is 9.98. The molecule has 0 amide bonds. The van der Waals surface area contributed by atoms with E-state index in [2.05, 4.69) is 6.92 Å². The maximum atomic E-state index is 11.9. The zero-order chi connectivity index (χ0) is 27.9. The average Bonchev–Trinajstić information content (AvgIpc) is 2.87. The molecule has 0 radical (unpaired) electrons. The van der Waals surface area contributed by atoms with Gasteiger partial charge in [0.05, 0.1) is 4.90 Å². The van der Waals surface area contributed by atoms with Crippen LogP contribution in [0.15, 0.2) is 101 Å².